The Balaban J connectivity index is 2.55. The van der Waals surface area contributed by atoms with Crippen molar-refractivity contribution in [3.63, 3.8) is 0 Å². The van der Waals surface area contributed by atoms with E-state index in [1.165, 1.54) is 7.11 Å². The van der Waals surface area contributed by atoms with Crippen molar-refractivity contribution in [1.82, 2.24) is 4.57 Å². The quantitative estimate of drug-likeness (QED) is 0.615. The van der Waals surface area contributed by atoms with Crippen LogP contribution in [0.15, 0.2) is 17.1 Å². The summed E-state index contributed by atoms with van der Waals surface area (Å²) in [4.78, 5) is 34.0. The van der Waals surface area contributed by atoms with Gasteiger partial charge in [-0.25, -0.2) is 9.18 Å². The van der Waals surface area contributed by atoms with Gasteiger partial charge in [-0.1, -0.05) is 0 Å². The van der Waals surface area contributed by atoms with Crippen LogP contribution in [0.1, 0.15) is 12.8 Å². The first-order valence-electron chi connectivity index (χ1n) is 5.26. The maximum absolute atomic E-state index is 13.4. The van der Waals surface area contributed by atoms with Gasteiger partial charge in [0.15, 0.2) is 0 Å². The summed E-state index contributed by atoms with van der Waals surface area (Å²) in [5.74, 6) is -1.30. The van der Waals surface area contributed by atoms with Gasteiger partial charge in [0.05, 0.1) is 7.11 Å². The number of halogens is 1. The van der Waals surface area contributed by atoms with Crippen LogP contribution in [0.4, 0.5) is 10.1 Å². The summed E-state index contributed by atoms with van der Waals surface area (Å²) < 4.78 is 19.0. The maximum Gasteiger partial charge on any atom is 0.332 e. The van der Waals surface area contributed by atoms with Gasteiger partial charge >= 0.3 is 5.97 Å². The monoisotopic (exact) mass is 254 g/mol. The molecule has 1 aliphatic rings. The van der Waals surface area contributed by atoms with Crippen LogP contribution in [-0.4, -0.2) is 24.1 Å². The third-order valence-electron chi connectivity index (χ3n) is 2.95. The van der Waals surface area contributed by atoms with Crippen LogP contribution >= 0.6 is 0 Å². The fourth-order valence-electron chi connectivity index (χ4n) is 1.89. The predicted octanol–water partition coefficient (Wildman–Crippen LogP) is 0.218. The standard InChI is InChI=1S/C11H11FN2O4/c1-18-10(17)11(2-3-11)14-5-7(12)4-8(9(14)16)13-6-15/h4-6H,2-3H2,1H3,(H,13,15). The van der Waals surface area contributed by atoms with Crippen molar-refractivity contribution in [2.45, 2.75) is 18.4 Å². The number of pyridine rings is 1. The summed E-state index contributed by atoms with van der Waals surface area (Å²) in [7, 11) is 1.21. The van der Waals surface area contributed by atoms with Crippen LogP contribution in [0.3, 0.4) is 0 Å². The number of aromatic nitrogens is 1. The Hall–Kier alpha value is -2.18. The fourth-order valence-corrected chi connectivity index (χ4v) is 1.89. The van der Waals surface area contributed by atoms with Crippen molar-refractivity contribution in [1.29, 1.82) is 0 Å². The lowest BCUT2D eigenvalue weighted by molar-refractivity contribution is -0.146. The molecule has 0 saturated heterocycles. The second kappa shape index (κ2) is 4.25. The van der Waals surface area contributed by atoms with E-state index in [9.17, 15) is 18.8 Å². The van der Waals surface area contributed by atoms with Crippen LogP contribution in [0.5, 0.6) is 0 Å². The summed E-state index contributed by atoms with van der Waals surface area (Å²) in [6.07, 6.45) is 2.04. The number of methoxy groups -OCH3 is 1. The molecule has 1 amide bonds. The molecule has 1 fully saturated rings. The molecule has 0 bridgehead atoms. The van der Waals surface area contributed by atoms with Crippen molar-refractivity contribution in [2.75, 3.05) is 12.4 Å². The molecule has 6 nitrogen and oxygen atoms in total. The van der Waals surface area contributed by atoms with Crippen LogP contribution in [-0.2, 0) is 19.9 Å². The van der Waals surface area contributed by atoms with Gasteiger partial charge < -0.3 is 10.1 Å². The Kier molecular flexibility index (Phi) is 2.90. The van der Waals surface area contributed by atoms with E-state index < -0.39 is 22.9 Å². The number of amides is 1. The zero-order valence-electron chi connectivity index (χ0n) is 9.60. The molecule has 1 heterocycles. The van der Waals surface area contributed by atoms with Crippen LogP contribution in [0.2, 0.25) is 0 Å². The molecule has 1 aromatic rings. The molecule has 0 atom stereocenters. The van der Waals surface area contributed by atoms with E-state index in [1.54, 1.807) is 0 Å². The number of anilines is 1. The molecule has 0 unspecified atom stereocenters. The smallest absolute Gasteiger partial charge is 0.332 e. The molecule has 2 rings (SSSR count). The highest BCUT2D eigenvalue weighted by Gasteiger charge is 2.54. The topological polar surface area (TPSA) is 77.4 Å². The lowest BCUT2D eigenvalue weighted by atomic mass is 10.2. The number of ether oxygens (including phenoxy) is 1. The molecule has 0 aliphatic heterocycles. The van der Waals surface area contributed by atoms with Crippen molar-refractivity contribution in [2.24, 2.45) is 0 Å². The number of nitrogens with one attached hydrogen (secondary N) is 1. The van der Waals surface area contributed by atoms with E-state index in [2.05, 4.69) is 10.1 Å². The van der Waals surface area contributed by atoms with Gasteiger partial charge in [-0.2, -0.15) is 0 Å². The third kappa shape index (κ3) is 1.77. The molecular weight excluding hydrogens is 243 g/mol. The summed E-state index contributed by atoms with van der Waals surface area (Å²) in [6.45, 7) is 0. The Morgan fingerprint density at radius 1 is 1.61 bits per heavy atom. The number of hydrogen-bond donors (Lipinski definition) is 1. The highest BCUT2D eigenvalue weighted by molar-refractivity contribution is 5.82. The third-order valence-corrected chi connectivity index (χ3v) is 2.95. The van der Waals surface area contributed by atoms with E-state index in [4.69, 9.17) is 0 Å². The Morgan fingerprint density at radius 3 is 2.78 bits per heavy atom. The lowest BCUT2D eigenvalue weighted by Crippen LogP contribution is -2.38. The first-order chi connectivity index (χ1) is 8.55. The minimum absolute atomic E-state index is 0.208. The highest BCUT2D eigenvalue weighted by atomic mass is 19.1. The molecule has 1 N–H and O–H groups in total. The van der Waals surface area contributed by atoms with Crippen molar-refractivity contribution >= 4 is 18.1 Å². The number of esters is 1. The molecule has 18 heavy (non-hydrogen) atoms. The second-order valence-electron chi connectivity index (χ2n) is 4.03. The van der Waals surface area contributed by atoms with Crippen LogP contribution < -0.4 is 10.9 Å². The molecular formula is C11H11FN2O4. The van der Waals surface area contributed by atoms with Gasteiger partial charge in [-0.3, -0.25) is 14.2 Å². The number of carbonyl (C=O) groups excluding carboxylic acids is 2. The number of hydrogen-bond acceptors (Lipinski definition) is 4. The zero-order chi connectivity index (χ0) is 13.3. The van der Waals surface area contributed by atoms with Gasteiger partial charge in [-0.15, -0.1) is 0 Å². The summed E-state index contributed by atoms with van der Waals surface area (Å²) >= 11 is 0. The molecule has 0 aromatic carbocycles. The summed E-state index contributed by atoms with van der Waals surface area (Å²) in [5, 5.41) is 2.11. The van der Waals surface area contributed by atoms with Crippen molar-refractivity contribution in [3.8, 4) is 0 Å². The van der Waals surface area contributed by atoms with Crippen molar-refractivity contribution < 1.29 is 18.7 Å². The fraction of sp³-hybridized carbons (Fsp3) is 0.364. The average Bonchev–Trinajstić information content (AvgIpc) is 3.14. The van der Waals surface area contributed by atoms with E-state index in [1.807, 2.05) is 0 Å². The summed E-state index contributed by atoms with van der Waals surface area (Å²) in [5.41, 5.74) is -1.97. The largest absolute Gasteiger partial charge is 0.467 e. The molecule has 1 aromatic heterocycles. The Labute approximate surface area is 101 Å². The van der Waals surface area contributed by atoms with Gasteiger partial charge in [0, 0.05) is 12.3 Å². The number of nitrogens with zero attached hydrogens (tertiary/aromatic N) is 1. The molecule has 1 saturated carbocycles. The van der Waals surface area contributed by atoms with Crippen molar-refractivity contribution in [3.05, 3.63) is 28.4 Å². The SMILES string of the molecule is COC(=O)C1(n2cc(F)cc(NC=O)c2=O)CC1. The predicted molar refractivity (Wildman–Crippen MR) is 59.6 cm³/mol. The normalized spacial score (nSPS) is 15.9. The number of carbonyl (C=O) groups is 2. The Bertz CT molecular complexity index is 563. The Morgan fingerprint density at radius 2 is 2.28 bits per heavy atom. The summed E-state index contributed by atoms with van der Waals surface area (Å²) in [6, 6.07) is 0.903. The van der Waals surface area contributed by atoms with E-state index in [-0.39, 0.29) is 12.1 Å². The molecule has 7 heteroatoms. The number of rotatable bonds is 4. The zero-order valence-corrected chi connectivity index (χ0v) is 9.60. The van der Waals surface area contributed by atoms with Gasteiger partial charge in [0.1, 0.15) is 17.0 Å². The highest BCUT2D eigenvalue weighted by Crippen LogP contribution is 2.43. The van der Waals surface area contributed by atoms with Gasteiger partial charge in [0.25, 0.3) is 5.56 Å². The van der Waals surface area contributed by atoms with Gasteiger partial charge in [-0.05, 0) is 12.8 Å². The first kappa shape index (κ1) is 12.3. The van der Waals surface area contributed by atoms with E-state index >= 15 is 0 Å². The minimum atomic E-state index is -1.13. The first-order valence-corrected chi connectivity index (χ1v) is 5.26. The van der Waals surface area contributed by atoms with Crippen LogP contribution in [0.25, 0.3) is 0 Å². The van der Waals surface area contributed by atoms with Crippen LogP contribution in [0, 0.1) is 5.82 Å². The molecule has 1 aliphatic carbocycles. The second-order valence-corrected chi connectivity index (χ2v) is 4.03. The lowest BCUT2D eigenvalue weighted by Gasteiger charge is -2.17. The maximum atomic E-state index is 13.4. The molecule has 96 valence electrons. The average molecular weight is 254 g/mol. The molecule has 0 spiro atoms. The van der Waals surface area contributed by atoms with E-state index in [0.717, 1.165) is 16.8 Å². The molecule has 0 radical (unpaired) electrons. The van der Waals surface area contributed by atoms with Gasteiger partial charge in [0.2, 0.25) is 6.41 Å². The van der Waals surface area contributed by atoms with E-state index in [0.29, 0.717) is 12.8 Å². The minimum Gasteiger partial charge on any atom is -0.467 e.